The number of nitrogens with one attached hydrogen (secondary N) is 2. The van der Waals surface area contributed by atoms with Crippen LogP contribution in [0.5, 0.6) is 0 Å². The maximum absolute atomic E-state index is 12.8. The first-order valence-electron chi connectivity index (χ1n) is 9.58. The van der Waals surface area contributed by atoms with Gasteiger partial charge in [-0.1, -0.05) is 25.4 Å². The van der Waals surface area contributed by atoms with Crippen molar-refractivity contribution in [3.63, 3.8) is 0 Å². The summed E-state index contributed by atoms with van der Waals surface area (Å²) in [7, 11) is 0. The molecule has 4 N–H and O–H groups in total. The predicted octanol–water partition coefficient (Wildman–Crippen LogP) is 3.02. The van der Waals surface area contributed by atoms with E-state index in [4.69, 9.17) is 17.3 Å². The van der Waals surface area contributed by atoms with Gasteiger partial charge in [0.25, 0.3) is 11.8 Å². The van der Waals surface area contributed by atoms with Gasteiger partial charge in [0.05, 0.1) is 5.69 Å². The molecule has 0 fully saturated rings. The summed E-state index contributed by atoms with van der Waals surface area (Å²) in [5, 5.41) is 10.2. The number of benzene rings is 2. The number of primary amides is 1. The molecule has 0 saturated carbocycles. The molecule has 0 aliphatic heterocycles. The van der Waals surface area contributed by atoms with Crippen molar-refractivity contribution < 1.29 is 14.4 Å². The molecule has 0 spiro atoms. The van der Waals surface area contributed by atoms with Crippen LogP contribution in [-0.4, -0.2) is 33.5 Å². The third-order valence-corrected chi connectivity index (χ3v) is 4.84. The normalized spacial score (nSPS) is 11.7. The Kier molecular flexibility index (Phi) is 6.71. The number of amides is 3. The van der Waals surface area contributed by atoms with Crippen LogP contribution in [-0.2, 0) is 4.79 Å². The highest BCUT2D eigenvalue weighted by atomic mass is 35.5. The van der Waals surface area contributed by atoms with Crippen molar-refractivity contribution in [3.05, 3.63) is 77.1 Å². The summed E-state index contributed by atoms with van der Waals surface area (Å²) < 4.78 is 1.51. The van der Waals surface area contributed by atoms with Crippen LogP contribution in [0.25, 0.3) is 5.69 Å². The average molecular weight is 440 g/mol. The zero-order chi connectivity index (χ0) is 22.5. The molecule has 2 aromatic carbocycles. The summed E-state index contributed by atoms with van der Waals surface area (Å²) in [6.45, 7) is 3.70. The zero-order valence-corrected chi connectivity index (χ0v) is 17.8. The van der Waals surface area contributed by atoms with Crippen molar-refractivity contribution >= 4 is 35.0 Å². The fourth-order valence-electron chi connectivity index (χ4n) is 2.88. The van der Waals surface area contributed by atoms with Crippen LogP contribution >= 0.6 is 11.6 Å². The number of anilines is 1. The van der Waals surface area contributed by atoms with Gasteiger partial charge < -0.3 is 16.4 Å². The molecule has 0 aliphatic carbocycles. The van der Waals surface area contributed by atoms with E-state index >= 15 is 0 Å². The number of carbonyl (C=O) groups is 3. The number of carbonyl (C=O) groups excluding carboxylic acids is 3. The van der Waals surface area contributed by atoms with Gasteiger partial charge in [-0.2, -0.15) is 5.10 Å². The molecule has 0 aliphatic rings. The van der Waals surface area contributed by atoms with E-state index in [2.05, 4.69) is 15.7 Å². The Balaban J connectivity index is 1.68. The Morgan fingerprint density at radius 2 is 1.65 bits per heavy atom. The largest absolute Gasteiger partial charge is 0.364 e. The molecule has 3 amide bonds. The maximum atomic E-state index is 12.8. The average Bonchev–Trinajstić information content (AvgIpc) is 3.23. The minimum absolute atomic E-state index is 0.133. The minimum Gasteiger partial charge on any atom is -0.364 e. The predicted molar refractivity (Wildman–Crippen MR) is 118 cm³/mol. The second kappa shape index (κ2) is 9.44. The monoisotopic (exact) mass is 439 g/mol. The molecular weight excluding hydrogens is 418 g/mol. The fourth-order valence-corrected chi connectivity index (χ4v) is 3.00. The third kappa shape index (κ3) is 5.49. The van der Waals surface area contributed by atoms with Crippen molar-refractivity contribution in [1.82, 2.24) is 15.1 Å². The molecule has 1 heterocycles. The molecule has 31 heavy (non-hydrogen) atoms. The lowest BCUT2D eigenvalue weighted by Gasteiger charge is -2.22. The molecule has 160 valence electrons. The summed E-state index contributed by atoms with van der Waals surface area (Å²) in [5.74, 6) is -1.43. The molecule has 9 heteroatoms. The van der Waals surface area contributed by atoms with Gasteiger partial charge >= 0.3 is 0 Å². The van der Waals surface area contributed by atoms with Gasteiger partial charge in [0.2, 0.25) is 5.91 Å². The highest BCUT2D eigenvalue weighted by Crippen LogP contribution is 2.15. The Hall–Kier alpha value is -3.65. The zero-order valence-electron chi connectivity index (χ0n) is 17.0. The number of nitrogens with two attached hydrogens (primary N) is 1. The van der Waals surface area contributed by atoms with E-state index in [0.717, 1.165) is 0 Å². The van der Waals surface area contributed by atoms with Crippen LogP contribution in [0.4, 0.5) is 5.69 Å². The van der Waals surface area contributed by atoms with Crippen molar-refractivity contribution in [1.29, 1.82) is 0 Å². The molecule has 1 aromatic heterocycles. The summed E-state index contributed by atoms with van der Waals surface area (Å²) in [6.07, 6.45) is 1.62. The van der Waals surface area contributed by atoms with E-state index in [1.54, 1.807) is 54.7 Å². The first-order chi connectivity index (χ1) is 14.7. The highest BCUT2D eigenvalue weighted by Gasteiger charge is 2.25. The first kappa shape index (κ1) is 22.0. The first-order valence-corrected chi connectivity index (χ1v) is 9.95. The van der Waals surface area contributed by atoms with Gasteiger partial charge in [-0.15, -0.1) is 0 Å². The molecular formula is C22H22ClN5O3. The van der Waals surface area contributed by atoms with Gasteiger partial charge in [-0.25, -0.2) is 4.68 Å². The number of hydrogen-bond acceptors (Lipinski definition) is 4. The molecule has 0 radical (unpaired) electrons. The minimum atomic E-state index is -0.730. The summed E-state index contributed by atoms with van der Waals surface area (Å²) in [6, 6.07) is 14.1. The number of aromatic nitrogens is 2. The standard InChI is InChI=1S/C22H22ClN5O3/c1-13(2)19(26-21(30)14-3-5-15(23)6-4-14)22(31)25-16-7-9-17(10-8-16)28-12-11-18(27-28)20(24)29/h3-13,19H,1-2H3,(H2,24,29)(H,25,31)(H,26,30)/t19-/m1/s1. The lowest BCUT2D eigenvalue weighted by atomic mass is 10.0. The molecule has 0 bridgehead atoms. The smallest absolute Gasteiger partial charge is 0.269 e. The molecule has 0 unspecified atom stereocenters. The van der Waals surface area contributed by atoms with Crippen molar-refractivity contribution in [3.8, 4) is 5.69 Å². The second-order valence-corrected chi connectivity index (χ2v) is 7.68. The van der Waals surface area contributed by atoms with E-state index < -0.39 is 11.9 Å². The van der Waals surface area contributed by atoms with E-state index in [0.29, 0.717) is 22.0 Å². The van der Waals surface area contributed by atoms with E-state index in [9.17, 15) is 14.4 Å². The maximum Gasteiger partial charge on any atom is 0.269 e. The van der Waals surface area contributed by atoms with Crippen LogP contribution < -0.4 is 16.4 Å². The van der Waals surface area contributed by atoms with Gasteiger partial charge in [0.1, 0.15) is 11.7 Å². The number of hydrogen-bond donors (Lipinski definition) is 3. The molecule has 3 rings (SSSR count). The van der Waals surface area contributed by atoms with Crippen molar-refractivity contribution in [2.45, 2.75) is 19.9 Å². The third-order valence-electron chi connectivity index (χ3n) is 4.58. The summed E-state index contributed by atoms with van der Waals surface area (Å²) in [4.78, 5) is 36.5. The quantitative estimate of drug-likeness (QED) is 0.524. The highest BCUT2D eigenvalue weighted by molar-refractivity contribution is 6.30. The van der Waals surface area contributed by atoms with Gasteiger partial charge in [-0.3, -0.25) is 14.4 Å². The number of rotatable bonds is 7. The topological polar surface area (TPSA) is 119 Å². The summed E-state index contributed by atoms with van der Waals surface area (Å²) in [5.41, 5.74) is 7.05. The lowest BCUT2D eigenvalue weighted by molar-refractivity contribution is -0.118. The molecule has 8 nitrogen and oxygen atoms in total. The molecule has 1 atom stereocenters. The Morgan fingerprint density at radius 1 is 1.00 bits per heavy atom. The van der Waals surface area contributed by atoms with Crippen LogP contribution in [0.3, 0.4) is 0 Å². The van der Waals surface area contributed by atoms with E-state index in [1.807, 2.05) is 13.8 Å². The fraction of sp³-hybridized carbons (Fsp3) is 0.182. The van der Waals surface area contributed by atoms with E-state index in [1.165, 1.54) is 10.7 Å². The van der Waals surface area contributed by atoms with E-state index in [-0.39, 0.29) is 23.4 Å². The SMILES string of the molecule is CC(C)[C@@H](NC(=O)c1ccc(Cl)cc1)C(=O)Nc1ccc(-n2ccc(C(N)=O)n2)cc1. The molecule has 0 saturated heterocycles. The Morgan fingerprint density at radius 3 is 2.19 bits per heavy atom. The van der Waals surface area contributed by atoms with Gasteiger partial charge in [-0.05, 0) is 60.5 Å². The van der Waals surface area contributed by atoms with Crippen molar-refractivity contribution in [2.24, 2.45) is 11.7 Å². The summed E-state index contributed by atoms with van der Waals surface area (Å²) >= 11 is 5.86. The van der Waals surface area contributed by atoms with Crippen LogP contribution in [0.2, 0.25) is 5.02 Å². The Bertz CT molecular complexity index is 1090. The molecule has 3 aromatic rings. The van der Waals surface area contributed by atoms with Crippen LogP contribution in [0.1, 0.15) is 34.7 Å². The van der Waals surface area contributed by atoms with Gasteiger partial charge in [0, 0.05) is 22.5 Å². The van der Waals surface area contributed by atoms with Gasteiger partial charge in [0.15, 0.2) is 0 Å². The Labute approximate surface area is 184 Å². The van der Waals surface area contributed by atoms with Crippen molar-refractivity contribution in [2.75, 3.05) is 5.32 Å². The lowest BCUT2D eigenvalue weighted by Crippen LogP contribution is -2.47. The second-order valence-electron chi connectivity index (χ2n) is 7.25. The van der Waals surface area contributed by atoms with Crippen LogP contribution in [0, 0.1) is 5.92 Å². The number of halogens is 1. The van der Waals surface area contributed by atoms with Crippen LogP contribution in [0.15, 0.2) is 60.8 Å². The number of nitrogens with zero attached hydrogens (tertiary/aromatic N) is 2.